The number of nitrogens with zero attached hydrogens (tertiary/aromatic N) is 1. The van der Waals surface area contributed by atoms with Gasteiger partial charge in [-0.15, -0.1) is 0 Å². The van der Waals surface area contributed by atoms with E-state index in [2.05, 4.69) is 4.72 Å². The molecule has 32 heavy (non-hydrogen) atoms. The van der Waals surface area contributed by atoms with Gasteiger partial charge in [0.1, 0.15) is 5.82 Å². The van der Waals surface area contributed by atoms with E-state index >= 15 is 0 Å². The van der Waals surface area contributed by atoms with E-state index in [1.807, 2.05) is 6.07 Å². The normalized spacial score (nSPS) is 11.0. The minimum absolute atomic E-state index is 0.115. The number of hydrogen-bond acceptors (Lipinski definition) is 5. The van der Waals surface area contributed by atoms with Crippen molar-refractivity contribution < 1.29 is 27.1 Å². The monoisotopic (exact) mass is 458 g/mol. The zero-order valence-corrected chi connectivity index (χ0v) is 18.6. The Labute approximate surface area is 186 Å². The maximum absolute atomic E-state index is 13.2. The van der Waals surface area contributed by atoms with Gasteiger partial charge in [-0.25, -0.2) is 12.8 Å². The van der Waals surface area contributed by atoms with E-state index in [9.17, 15) is 17.6 Å². The number of rotatable bonds is 8. The Morgan fingerprint density at radius 1 is 0.969 bits per heavy atom. The van der Waals surface area contributed by atoms with E-state index in [1.54, 1.807) is 31.3 Å². The van der Waals surface area contributed by atoms with Gasteiger partial charge in [0.15, 0.2) is 11.5 Å². The van der Waals surface area contributed by atoms with Crippen LogP contribution >= 0.6 is 0 Å². The Morgan fingerprint density at radius 3 is 2.31 bits per heavy atom. The number of carbonyl (C=O) groups excluding carboxylic acids is 1. The molecule has 0 bridgehead atoms. The third kappa shape index (κ3) is 5.00. The molecular weight excluding hydrogens is 435 g/mol. The zero-order valence-electron chi connectivity index (χ0n) is 17.8. The second-order valence-corrected chi connectivity index (χ2v) is 8.60. The maximum atomic E-state index is 13.2. The average molecular weight is 459 g/mol. The van der Waals surface area contributed by atoms with Crippen LogP contribution in [0.2, 0.25) is 0 Å². The molecule has 3 aromatic carbocycles. The Morgan fingerprint density at radius 2 is 1.66 bits per heavy atom. The molecule has 0 aliphatic carbocycles. The summed E-state index contributed by atoms with van der Waals surface area (Å²) in [5.41, 5.74) is 1.01. The van der Waals surface area contributed by atoms with Gasteiger partial charge in [0, 0.05) is 19.2 Å². The first-order chi connectivity index (χ1) is 15.3. The molecule has 0 unspecified atom stereocenters. The smallest absolute Gasteiger partial charge is 0.261 e. The summed E-state index contributed by atoms with van der Waals surface area (Å²) in [7, 11) is 0.634. The summed E-state index contributed by atoms with van der Waals surface area (Å²) in [5, 5.41) is 0. The molecule has 0 aliphatic heterocycles. The molecule has 0 saturated carbocycles. The fraction of sp³-hybridized carbons (Fsp3) is 0.174. The number of sulfonamides is 1. The van der Waals surface area contributed by atoms with Gasteiger partial charge in [0.05, 0.1) is 30.4 Å². The summed E-state index contributed by atoms with van der Waals surface area (Å²) in [4.78, 5) is 14.5. The highest BCUT2D eigenvalue weighted by molar-refractivity contribution is 7.92. The van der Waals surface area contributed by atoms with Crippen molar-refractivity contribution in [2.75, 3.05) is 26.0 Å². The predicted molar refractivity (Wildman–Crippen MR) is 119 cm³/mol. The Hall–Kier alpha value is -3.59. The quantitative estimate of drug-likeness (QED) is 0.553. The molecule has 0 heterocycles. The van der Waals surface area contributed by atoms with Gasteiger partial charge in [0.2, 0.25) is 0 Å². The number of benzene rings is 3. The molecule has 3 rings (SSSR count). The number of hydrogen-bond donors (Lipinski definition) is 1. The molecule has 1 amide bonds. The van der Waals surface area contributed by atoms with Gasteiger partial charge in [-0.2, -0.15) is 0 Å². The lowest BCUT2D eigenvalue weighted by atomic mass is 10.1. The minimum Gasteiger partial charge on any atom is -0.493 e. The summed E-state index contributed by atoms with van der Waals surface area (Å²) >= 11 is 0. The van der Waals surface area contributed by atoms with E-state index < -0.39 is 21.7 Å². The standard InChI is InChI=1S/C23H23FN2O5S/c1-26(15-16-7-6-10-21(30-2)22(16)31-3)23(27)19-8-4-5-9-20(19)25-32(28,29)18-13-11-17(24)12-14-18/h4-14,25H,15H2,1-3H3. The number of para-hydroxylation sites is 2. The van der Waals surface area contributed by atoms with Crippen LogP contribution in [0.15, 0.2) is 71.6 Å². The second-order valence-electron chi connectivity index (χ2n) is 6.92. The lowest BCUT2D eigenvalue weighted by Crippen LogP contribution is -2.28. The van der Waals surface area contributed by atoms with Gasteiger partial charge in [-0.1, -0.05) is 24.3 Å². The highest BCUT2D eigenvalue weighted by Gasteiger charge is 2.22. The van der Waals surface area contributed by atoms with Crippen molar-refractivity contribution in [2.24, 2.45) is 0 Å². The molecule has 168 valence electrons. The van der Waals surface area contributed by atoms with Crippen molar-refractivity contribution >= 4 is 21.6 Å². The van der Waals surface area contributed by atoms with Gasteiger partial charge in [0.25, 0.3) is 15.9 Å². The first-order valence-corrected chi connectivity index (χ1v) is 11.1. The van der Waals surface area contributed by atoms with Crippen LogP contribution in [0.4, 0.5) is 10.1 Å². The van der Waals surface area contributed by atoms with E-state index in [1.165, 1.54) is 31.3 Å². The molecule has 0 aliphatic rings. The van der Waals surface area contributed by atoms with Crippen LogP contribution in [0, 0.1) is 5.82 Å². The lowest BCUT2D eigenvalue weighted by molar-refractivity contribution is 0.0785. The van der Waals surface area contributed by atoms with Crippen LogP contribution < -0.4 is 14.2 Å². The molecule has 3 aromatic rings. The Balaban J connectivity index is 1.86. The Bertz CT molecular complexity index is 1210. The summed E-state index contributed by atoms with van der Waals surface area (Å²) < 4.78 is 51.7. The maximum Gasteiger partial charge on any atom is 0.261 e. The van der Waals surface area contributed by atoms with Crippen molar-refractivity contribution in [1.29, 1.82) is 0 Å². The fourth-order valence-corrected chi connectivity index (χ4v) is 4.27. The van der Waals surface area contributed by atoms with E-state index in [0.29, 0.717) is 11.5 Å². The highest BCUT2D eigenvalue weighted by atomic mass is 32.2. The highest BCUT2D eigenvalue weighted by Crippen LogP contribution is 2.32. The van der Waals surface area contributed by atoms with Gasteiger partial charge in [-0.05, 0) is 42.5 Å². The number of ether oxygens (including phenoxy) is 2. The molecule has 1 N–H and O–H groups in total. The van der Waals surface area contributed by atoms with E-state index in [-0.39, 0.29) is 22.7 Å². The molecule has 7 nitrogen and oxygen atoms in total. The van der Waals surface area contributed by atoms with Crippen molar-refractivity contribution in [3.8, 4) is 11.5 Å². The molecular formula is C23H23FN2O5S. The molecule has 0 saturated heterocycles. The van der Waals surface area contributed by atoms with Gasteiger partial charge in [-0.3, -0.25) is 9.52 Å². The number of anilines is 1. The van der Waals surface area contributed by atoms with Crippen molar-refractivity contribution in [2.45, 2.75) is 11.4 Å². The van der Waals surface area contributed by atoms with Gasteiger partial charge >= 0.3 is 0 Å². The molecule has 9 heteroatoms. The summed E-state index contributed by atoms with van der Waals surface area (Å²) in [6, 6.07) is 16.1. The van der Waals surface area contributed by atoms with Gasteiger partial charge < -0.3 is 14.4 Å². The molecule has 0 radical (unpaired) electrons. The molecule has 0 atom stereocenters. The van der Waals surface area contributed by atoms with Crippen molar-refractivity contribution in [3.63, 3.8) is 0 Å². The van der Waals surface area contributed by atoms with Crippen LogP contribution in [-0.2, 0) is 16.6 Å². The minimum atomic E-state index is -4.01. The van der Waals surface area contributed by atoms with E-state index in [4.69, 9.17) is 9.47 Å². The topological polar surface area (TPSA) is 84.9 Å². The van der Waals surface area contributed by atoms with Crippen LogP contribution in [0.3, 0.4) is 0 Å². The number of halogens is 1. The predicted octanol–water partition coefficient (Wildman–Crippen LogP) is 3.92. The first-order valence-electron chi connectivity index (χ1n) is 9.59. The second kappa shape index (κ2) is 9.69. The molecule has 0 spiro atoms. The summed E-state index contributed by atoms with van der Waals surface area (Å²) in [5.74, 6) is 0.111. The largest absolute Gasteiger partial charge is 0.493 e. The van der Waals surface area contributed by atoms with Crippen molar-refractivity contribution in [3.05, 3.63) is 83.7 Å². The van der Waals surface area contributed by atoms with Crippen LogP contribution in [0.5, 0.6) is 11.5 Å². The fourth-order valence-electron chi connectivity index (χ4n) is 3.19. The van der Waals surface area contributed by atoms with Crippen LogP contribution in [0.25, 0.3) is 0 Å². The summed E-state index contributed by atoms with van der Waals surface area (Å²) in [6.45, 7) is 0.207. The number of carbonyl (C=O) groups is 1. The average Bonchev–Trinajstić information content (AvgIpc) is 2.78. The van der Waals surface area contributed by atoms with Crippen LogP contribution in [-0.4, -0.2) is 40.5 Å². The van der Waals surface area contributed by atoms with Crippen LogP contribution in [0.1, 0.15) is 15.9 Å². The molecule has 0 fully saturated rings. The first kappa shape index (κ1) is 23.1. The van der Waals surface area contributed by atoms with Crippen molar-refractivity contribution in [1.82, 2.24) is 4.90 Å². The molecule has 0 aromatic heterocycles. The third-order valence-corrected chi connectivity index (χ3v) is 6.15. The summed E-state index contributed by atoms with van der Waals surface area (Å²) in [6.07, 6.45) is 0. The number of nitrogens with one attached hydrogen (secondary N) is 1. The zero-order chi connectivity index (χ0) is 23.3. The number of methoxy groups -OCH3 is 2. The Kier molecular flexibility index (Phi) is 6.99. The third-order valence-electron chi connectivity index (χ3n) is 4.76. The lowest BCUT2D eigenvalue weighted by Gasteiger charge is -2.21. The van der Waals surface area contributed by atoms with E-state index in [0.717, 1.165) is 29.8 Å². The SMILES string of the molecule is COc1cccc(CN(C)C(=O)c2ccccc2NS(=O)(=O)c2ccc(F)cc2)c1OC. The number of amides is 1.